The summed E-state index contributed by atoms with van der Waals surface area (Å²) in [7, 11) is 0. The lowest BCUT2D eigenvalue weighted by molar-refractivity contribution is -0.136. The standard InChI is InChI=1S/C16H24N2OS/c1-4-8-18(12-15-6-5-10-20-15)16(19)14(3)17-9-7-13(2)11-17/h4-6,10,13-14H,1,7-9,11-12H2,2-3H3. The molecule has 1 aromatic rings. The number of amides is 1. The summed E-state index contributed by atoms with van der Waals surface area (Å²) >= 11 is 1.70. The van der Waals surface area contributed by atoms with Gasteiger partial charge in [0.1, 0.15) is 0 Å². The topological polar surface area (TPSA) is 23.6 Å². The van der Waals surface area contributed by atoms with Gasteiger partial charge in [-0.2, -0.15) is 0 Å². The van der Waals surface area contributed by atoms with Crippen molar-refractivity contribution in [1.82, 2.24) is 9.80 Å². The Bertz CT molecular complexity index is 443. The van der Waals surface area contributed by atoms with E-state index in [1.807, 2.05) is 24.0 Å². The van der Waals surface area contributed by atoms with Crippen molar-refractivity contribution in [1.29, 1.82) is 0 Å². The van der Waals surface area contributed by atoms with E-state index in [-0.39, 0.29) is 11.9 Å². The number of nitrogens with zero attached hydrogens (tertiary/aromatic N) is 2. The molecule has 0 aromatic carbocycles. The molecule has 2 atom stereocenters. The molecule has 0 N–H and O–H groups in total. The van der Waals surface area contributed by atoms with Gasteiger partial charge in [0.05, 0.1) is 12.6 Å². The summed E-state index contributed by atoms with van der Waals surface area (Å²) in [5, 5.41) is 2.05. The molecule has 2 heterocycles. The highest BCUT2D eigenvalue weighted by Crippen LogP contribution is 2.20. The predicted octanol–water partition coefficient (Wildman–Crippen LogP) is 2.99. The molecule has 110 valence electrons. The number of carbonyl (C=O) groups excluding carboxylic acids is 1. The summed E-state index contributed by atoms with van der Waals surface area (Å²) in [4.78, 5) is 18.1. The Labute approximate surface area is 125 Å². The number of hydrogen-bond donors (Lipinski definition) is 0. The van der Waals surface area contributed by atoms with E-state index in [1.165, 1.54) is 11.3 Å². The lowest BCUT2D eigenvalue weighted by atomic mass is 10.2. The van der Waals surface area contributed by atoms with Crippen LogP contribution in [0.3, 0.4) is 0 Å². The van der Waals surface area contributed by atoms with Crippen LogP contribution in [-0.4, -0.2) is 41.4 Å². The Morgan fingerprint density at radius 1 is 1.70 bits per heavy atom. The molecule has 3 nitrogen and oxygen atoms in total. The number of hydrogen-bond acceptors (Lipinski definition) is 3. The SMILES string of the molecule is C=CCN(Cc1cccs1)C(=O)C(C)N1CCC(C)C1. The fraction of sp³-hybridized carbons (Fsp3) is 0.562. The van der Waals surface area contributed by atoms with E-state index in [4.69, 9.17) is 0 Å². The molecule has 0 radical (unpaired) electrons. The van der Waals surface area contributed by atoms with E-state index in [9.17, 15) is 4.79 Å². The summed E-state index contributed by atoms with van der Waals surface area (Å²) in [5.41, 5.74) is 0. The van der Waals surface area contributed by atoms with Crippen LogP contribution in [0.15, 0.2) is 30.2 Å². The van der Waals surface area contributed by atoms with Gasteiger partial charge in [-0.05, 0) is 37.3 Å². The largest absolute Gasteiger partial charge is 0.332 e. The molecule has 1 fully saturated rings. The van der Waals surface area contributed by atoms with E-state index in [0.29, 0.717) is 19.0 Å². The molecule has 2 rings (SSSR count). The average molecular weight is 292 g/mol. The van der Waals surface area contributed by atoms with Gasteiger partial charge in [-0.15, -0.1) is 17.9 Å². The Balaban J connectivity index is 2.00. The molecule has 1 aliphatic heterocycles. The Kier molecular flexibility index (Phi) is 5.38. The van der Waals surface area contributed by atoms with Gasteiger partial charge >= 0.3 is 0 Å². The Hall–Kier alpha value is -1.13. The van der Waals surface area contributed by atoms with E-state index < -0.39 is 0 Å². The number of rotatable bonds is 6. The molecule has 0 spiro atoms. The van der Waals surface area contributed by atoms with Crippen LogP contribution in [0.1, 0.15) is 25.1 Å². The maximum absolute atomic E-state index is 12.7. The minimum Gasteiger partial charge on any atom is -0.332 e. The van der Waals surface area contributed by atoms with E-state index in [2.05, 4.69) is 29.8 Å². The van der Waals surface area contributed by atoms with Gasteiger partial charge in [0.25, 0.3) is 0 Å². The van der Waals surface area contributed by atoms with Gasteiger partial charge in [0, 0.05) is 18.0 Å². The molecule has 2 unspecified atom stereocenters. The smallest absolute Gasteiger partial charge is 0.240 e. The van der Waals surface area contributed by atoms with Crippen LogP contribution < -0.4 is 0 Å². The van der Waals surface area contributed by atoms with Crippen LogP contribution in [0.2, 0.25) is 0 Å². The quantitative estimate of drug-likeness (QED) is 0.753. The monoisotopic (exact) mass is 292 g/mol. The highest BCUT2D eigenvalue weighted by Gasteiger charge is 2.30. The predicted molar refractivity (Wildman–Crippen MR) is 84.7 cm³/mol. The maximum atomic E-state index is 12.7. The summed E-state index contributed by atoms with van der Waals surface area (Å²) in [6.07, 6.45) is 3.01. The van der Waals surface area contributed by atoms with E-state index >= 15 is 0 Å². The van der Waals surface area contributed by atoms with E-state index in [1.54, 1.807) is 11.3 Å². The minimum atomic E-state index is -0.0279. The third kappa shape index (κ3) is 3.70. The Morgan fingerprint density at radius 2 is 2.50 bits per heavy atom. The van der Waals surface area contributed by atoms with Crippen LogP contribution in [-0.2, 0) is 11.3 Å². The number of carbonyl (C=O) groups is 1. The molecule has 4 heteroatoms. The Morgan fingerprint density at radius 3 is 3.05 bits per heavy atom. The molecular formula is C16H24N2OS. The summed E-state index contributed by atoms with van der Waals surface area (Å²) in [5.74, 6) is 0.919. The third-order valence-corrected chi connectivity index (χ3v) is 4.81. The van der Waals surface area contributed by atoms with Crippen molar-refractivity contribution < 1.29 is 4.79 Å². The lowest BCUT2D eigenvalue weighted by Crippen LogP contribution is -2.46. The molecule has 1 aliphatic rings. The molecule has 0 saturated carbocycles. The molecule has 0 bridgehead atoms. The van der Waals surface area contributed by atoms with Crippen LogP contribution in [0, 0.1) is 5.92 Å². The first-order valence-electron chi connectivity index (χ1n) is 7.28. The zero-order valence-electron chi connectivity index (χ0n) is 12.4. The fourth-order valence-electron chi connectivity index (χ4n) is 2.72. The average Bonchev–Trinajstić information content (AvgIpc) is 3.08. The van der Waals surface area contributed by atoms with Crippen molar-refractivity contribution >= 4 is 17.2 Å². The normalized spacial score (nSPS) is 20.8. The van der Waals surface area contributed by atoms with Crippen molar-refractivity contribution in [2.75, 3.05) is 19.6 Å². The van der Waals surface area contributed by atoms with Crippen molar-refractivity contribution in [2.45, 2.75) is 32.9 Å². The van der Waals surface area contributed by atoms with Crippen LogP contribution >= 0.6 is 11.3 Å². The second-order valence-electron chi connectivity index (χ2n) is 5.65. The molecule has 0 aliphatic carbocycles. The summed E-state index contributed by atoms with van der Waals surface area (Å²) < 4.78 is 0. The van der Waals surface area contributed by atoms with Gasteiger partial charge in [-0.1, -0.05) is 19.1 Å². The van der Waals surface area contributed by atoms with Gasteiger partial charge in [0.15, 0.2) is 0 Å². The van der Waals surface area contributed by atoms with Crippen LogP contribution in [0.25, 0.3) is 0 Å². The number of likely N-dealkylation sites (tertiary alicyclic amines) is 1. The van der Waals surface area contributed by atoms with Gasteiger partial charge in [-0.25, -0.2) is 0 Å². The number of thiophene rings is 1. The highest BCUT2D eigenvalue weighted by atomic mass is 32.1. The third-order valence-electron chi connectivity index (χ3n) is 3.95. The van der Waals surface area contributed by atoms with Gasteiger partial charge in [-0.3, -0.25) is 9.69 Å². The van der Waals surface area contributed by atoms with Gasteiger partial charge in [0.2, 0.25) is 5.91 Å². The zero-order valence-corrected chi connectivity index (χ0v) is 13.2. The second-order valence-corrected chi connectivity index (χ2v) is 6.68. The van der Waals surface area contributed by atoms with E-state index in [0.717, 1.165) is 13.1 Å². The van der Waals surface area contributed by atoms with Crippen molar-refractivity contribution in [2.24, 2.45) is 5.92 Å². The second kappa shape index (κ2) is 7.04. The minimum absolute atomic E-state index is 0.0279. The summed E-state index contributed by atoms with van der Waals surface area (Å²) in [6.45, 7) is 11.4. The van der Waals surface area contributed by atoms with Crippen molar-refractivity contribution in [3.05, 3.63) is 35.0 Å². The molecule has 20 heavy (non-hydrogen) atoms. The highest BCUT2D eigenvalue weighted by molar-refractivity contribution is 7.09. The first kappa shape index (κ1) is 15.3. The molecule has 1 amide bonds. The van der Waals surface area contributed by atoms with Crippen molar-refractivity contribution in [3.8, 4) is 0 Å². The first-order valence-corrected chi connectivity index (χ1v) is 8.16. The summed E-state index contributed by atoms with van der Waals surface area (Å²) in [6, 6.07) is 4.08. The van der Waals surface area contributed by atoms with Crippen molar-refractivity contribution in [3.63, 3.8) is 0 Å². The zero-order chi connectivity index (χ0) is 14.5. The molecular weight excluding hydrogens is 268 g/mol. The molecule has 1 aromatic heterocycles. The lowest BCUT2D eigenvalue weighted by Gasteiger charge is -2.29. The fourth-order valence-corrected chi connectivity index (χ4v) is 3.44. The maximum Gasteiger partial charge on any atom is 0.240 e. The van der Waals surface area contributed by atoms with Crippen LogP contribution in [0.5, 0.6) is 0 Å². The first-order chi connectivity index (χ1) is 9.61. The molecule has 1 saturated heterocycles. The van der Waals surface area contributed by atoms with Gasteiger partial charge < -0.3 is 4.90 Å². The van der Waals surface area contributed by atoms with Crippen LogP contribution in [0.4, 0.5) is 0 Å².